The summed E-state index contributed by atoms with van der Waals surface area (Å²) in [7, 11) is 0. The highest BCUT2D eigenvalue weighted by Gasteiger charge is 2.12. The molecule has 0 saturated carbocycles. The third-order valence-electron chi connectivity index (χ3n) is 3.68. The van der Waals surface area contributed by atoms with Crippen LogP contribution < -0.4 is 4.74 Å². The Bertz CT molecular complexity index is 555. The van der Waals surface area contributed by atoms with Crippen molar-refractivity contribution in [3.05, 3.63) is 64.7 Å². The summed E-state index contributed by atoms with van der Waals surface area (Å²) in [5.41, 5.74) is 4.55. The van der Waals surface area contributed by atoms with Gasteiger partial charge in [0.15, 0.2) is 0 Å². The molecule has 2 aromatic carbocycles. The lowest BCUT2D eigenvalue weighted by Crippen LogP contribution is -2.04. The van der Waals surface area contributed by atoms with Crippen molar-refractivity contribution >= 4 is 0 Å². The van der Waals surface area contributed by atoms with Gasteiger partial charge in [0.25, 0.3) is 0 Å². The van der Waals surface area contributed by atoms with Gasteiger partial charge < -0.3 is 9.84 Å². The van der Waals surface area contributed by atoms with Crippen molar-refractivity contribution in [1.82, 2.24) is 0 Å². The van der Waals surface area contributed by atoms with Crippen LogP contribution in [0, 0.1) is 13.8 Å². The average Bonchev–Trinajstić information content (AvgIpc) is 2.46. The zero-order chi connectivity index (χ0) is 14.5. The first-order chi connectivity index (χ1) is 9.63. The first-order valence-corrected chi connectivity index (χ1v) is 7.08. The van der Waals surface area contributed by atoms with Crippen LogP contribution in [0.25, 0.3) is 0 Å². The van der Waals surface area contributed by atoms with Crippen LogP contribution in [0.3, 0.4) is 0 Å². The Hall–Kier alpha value is -1.80. The van der Waals surface area contributed by atoms with E-state index in [9.17, 15) is 5.11 Å². The molecule has 2 rings (SSSR count). The van der Waals surface area contributed by atoms with E-state index in [0.717, 1.165) is 11.3 Å². The lowest BCUT2D eigenvalue weighted by molar-refractivity contribution is 0.166. The van der Waals surface area contributed by atoms with E-state index in [4.69, 9.17) is 4.74 Å². The Morgan fingerprint density at radius 3 is 2.30 bits per heavy atom. The summed E-state index contributed by atoms with van der Waals surface area (Å²) in [6, 6.07) is 14.0. The van der Waals surface area contributed by atoms with E-state index in [1.54, 1.807) is 0 Å². The molecule has 0 aliphatic heterocycles. The Labute approximate surface area is 121 Å². The van der Waals surface area contributed by atoms with Gasteiger partial charge in [-0.3, -0.25) is 0 Å². The second kappa shape index (κ2) is 6.58. The molecule has 0 unspecified atom stereocenters. The largest absolute Gasteiger partial charge is 0.489 e. The second-order valence-corrected chi connectivity index (χ2v) is 5.12. The molecular formula is C18H22O2. The van der Waals surface area contributed by atoms with Crippen LogP contribution in [0.4, 0.5) is 0 Å². The van der Waals surface area contributed by atoms with Gasteiger partial charge in [-0.05, 0) is 43.0 Å². The van der Waals surface area contributed by atoms with Crippen LogP contribution in [0.2, 0.25) is 0 Å². The number of para-hydroxylation sites is 1. The minimum atomic E-state index is -0.468. The van der Waals surface area contributed by atoms with Crippen LogP contribution in [-0.2, 0) is 6.61 Å². The smallest absolute Gasteiger partial charge is 0.125 e. The fourth-order valence-corrected chi connectivity index (χ4v) is 2.33. The minimum Gasteiger partial charge on any atom is -0.489 e. The number of rotatable bonds is 5. The van der Waals surface area contributed by atoms with Gasteiger partial charge in [0, 0.05) is 5.56 Å². The highest BCUT2D eigenvalue weighted by atomic mass is 16.5. The van der Waals surface area contributed by atoms with Crippen molar-refractivity contribution in [1.29, 1.82) is 0 Å². The van der Waals surface area contributed by atoms with Gasteiger partial charge in [-0.25, -0.2) is 0 Å². The fourth-order valence-electron chi connectivity index (χ4n) is 2.33. The van der Waals surface area contributed by atoms with E-state index >= 15 is 0 Å². The first-order valence-electron chi connectivity index (χ1n) is 7.08. The van der Waals surface area contributed by atoms with E-state index in [1.807, 2.05) is 31.2 Å². The average molecular weight is 270 g/mol. The summed E-state index contributed by atoms with van der Waals surface area (Å²) < 4.78 is 5.95. The van der Waals surface area contributed by atoms with Crippen molar-refractivity contribution in [3.8, 4) is 5.75 Å². The first kappa shape index (κ1) is 14.6. The molecule has 20 heavy (non-hydrogen) atoms. The molecule has 2 aromatic rings. The highest BCUT2D eigenvalue weighted by molar-refractivity contribution is 5.37. The molecule has 0 saturated heterocycles. The second-order valence-electron chi connectivity index (χ2n) is 5.12. The Morgan fingerprint density at radius 1 is 1.00 bits per heavy atom. The Balaban J connectivity index is 2.19. The topological polar surface area (TPSA) is 29.5 Å². The van der Waals surface area contributed by atoms with E-state index in [-0.39, 0.29) is 0 Å². The fraction of sp³-hybridized carbons (Fsp3) is 0.333. The van der Waals surface area contributed by atoms with Gasteiger partial charge in [-0.15, -0.1) is 0 Å². The zero-order valence-corrected chi connectivity index (χ0v) is 12.4. The maximum Gasteiger partial charge on any atom is 0.125 e. The minimum absolute atomic E-state index is 0.468. The number of hydrogen-bond donors (Lipinski definition) is 1. The number of aliphatic hydroxyl groups excluding tert-OH is 1. The maximum atomic E-state index is 10.0. The summed E-state index contributed by atoms with van der Waals surface area (Å²) in [6.07, 6.45) is 0.216. The molecule has 0 aromatic heterocycles. The molecule has 2 nitrogen and oxygen atoms in total. The normalized spacial score (nSPS) is 12.2. The van der Waals surface area contributed by atoms with Gasteiger partial charge in [0.05, 0.1) is 6.10 Å². The molecule has 0 radical (unpaired) electrons. The molecule has 0 spiro atoms. The monoisotopic (exact) mass is 270 g/mol. The SMILES string of the molecule is CC[C@@H](O)c1ccccc1OCc1c(C)cccc1C. The van der Waals surface area contributed by atoms with E-state index in [1.165, 1.54) is 16.7 Å². The summed E-state index contributed by atoms with van der Waals surface area (Å²) >= 11 is 0. The van der Waals surface area contributed by atoms with Crippen LogP contribution in [0.1, 0.15) is 41.7 Å². The molecule has 0 aliphatic rings. The van der Waals surface area contributed by atoms with E-state index < -0.39 is 6.10 Å². The Kier molecular flexibility index (Phi) is 4.80. The summed E-state index contributed by atoms with van der Waals surface area (Å²) in [6.45, 7) is 6.69. The summed E-state index contributed by atoms with van der Waals surface area (Å²) in [4.78, 5) is 0. The predicted molar refractivity (Wildman–Crippen MR) is 81.9 cm³/mol. The lowest BCUT2D eigenvalue weighted by atomic mass is 10.0. The van der Waals surface area contributed by atoms with Gasteiger partial charge >= 0.3 is 0 Å². The third kappa shape index (κ3) is 3.20. The molecule has 1 N–H and O–H groups in total. The molecule has 0 aliphatic carbocycles. The lowest BCUT2D eigenvalue weighted by Gasteiger charge is -2.16. The van der Waals surface area contributed by atoms with Crippen molar-refractivity contribution < 1.29 is 9.84 Å². The van der Waals surface area contributed by atoms with E-state index in [2.05, 4.69) is 32.0 Å². The van der Waals surface area contributed by atoms with E-state index in [0.29, 0.717) is 13.0 Å². The third-order valence-corrected chi connectivity index (χ3v) is 3.68. The standard InChI is InChI=1S/C18H22O2/c1-4-17(19)15-10-5-6-11-18(15)20-12-16-13(2)8-7-9-14(16)3/h5-11,17,19H,4,12H2,1-3H3/t17-/m1/s1. The van der Waals surface area contributed by atoms with Crippen molar-refractivity contribution in [2.75, 3.05) is 0 Å². The molecule has 106 valence electrons. The van der Waals surface area contributed by atoms with Gasteiger partial charge in [0.1, 0.15) is 12.4 Å². The Morgan fingerprint density at radius 2 is 1.65 bits per heavy atom. The van der Waals surface area contributed by atoms with Crippen LogP contribution >= 0.6 is 0 Å². The van der Waals surface area contributed by atoms with Crippen LogP contribution in [0.15, 0.2) is 42.5 Å². The molecule has 0 fully saturated rings. The molecular weight excluding hydrogens is 248 g/mol. The number of hydrogen-bond acceptors (Lipinski definition) is 2. The van der Waals surface area contributed by atoms with Crippen LogP contribution in [0.5, 0.6) is 5.75 Å². The number of aryl methyl sites for hydroxylation is 2. The van der Waals surface area contributed by atoms with Crippen molar-refractivity contribution in [3.63, 3.8) is 0 Å². The number of benzene rings is 2. The molecule has 1 atom stereocenters. The van der Waals surface area contributed by atoms with Crippen molar-refractivity contribution in [2.24, 2.45) is 0 Å². The zero-order valence-electron chi connectivity index (χ0n) is 12.4. The maximum absolute atomic E-state index is 10.0. The van der Waals surface area contributed by atoms with Crippen molar-refractivity contribution in [2.45, 2.75) is 39.9 Å². The van der Waals surface area contributed by atoms with Gasteiger partial charge in [0.2, 0.25) is 0 Å². The summed E-state index contributed by atoms with van der Waals surface area (Å²) in [5.74, 6) is 0.768. The van der Waals surface area contributed by atoms with Gasteiger partial charge in [-0.1, -0.05) is 43.3 Å². The predicted octanol–water partition coefficient (Wildman–Crippen LogP) is 4.33. The molecule has 0 heterocycles. The molecule has 0 amide bonds. The number of ether oxygens (including phenoxy) is 1. The van der Waals surface area contributed by atoms with Gasteiger partial charge in [-0.2, -0.15) is 0 Å². The molecule has 0 bridgehead atoms. The quantitative estimate of drug-likeness (QED) is 0.876. The van der Waals surface area contributed by atoms with Crippen LogP contribution in [-0.4, -0.2) is 5.11 Å². The number of aliphatic hydroxyl groups is 1. The highest BCUT2D eigenvalue weighted by Crippen LogP contribution is 2.28. The molecule has 2 heteroatoms. The summed E-state index contributed by atoms with van der Waals surface area (Å²) in [5, 5.41) is 10.0.